The molecule has 0 N–H and O–H groups in total. The number of hydrogen-bond donors (Lipinski definition) is 0. The Labute approximate surface area is 196 Å². The van der Waals surface area contributed by atoms with Crippen LogP contribution in [0.5, 0.6) is 0 Å². The van der Waals surface area contributed by atoms with Crippen molar-refractivity contribution in [2.24, 2.45) is 0 Å². The third-order valence-electron chi connectivity index (χ3n) is 5.30. The van der Waals surface area contributed by atoms with Gasteiger partial charge in [0.15, 0.2) is 0 Å². The highest BCUT2D eigenvalue weighted by atomic mass is 79.9. The predicted molar refractivity (Wildman–Crippen MR) is 128 cm³/mol. The van der Waals surface area contributed by atoms with Crippen molar-refractivity contribution in [3.8, 4) is 11.5 Å². The molecule has 0 unspecified atom stereocenters. The number of nitrogens with zero attached hydrogens (tertiary/aromatic N) is 3. The monoisotopic (exact) mass is 489 g/mol. The van der Waals surface area contributed by atoms with Gasteiger partial charge in [-0.3, -0.25) is 4.79 Å². The Hall–Kier alpha value is -3.25. The molecule has 0 spiro atoms. The van der Waals surface area contributed by atoms with Gasteiger partial charge in [0.05, 0.1) is 18.0 Å². The molecule has 3 aromatic carbocycles. The lowest BCUT2D eigenvalue weighted by Crippen LogP contribution is -2.40. The van der Waals surface area contributed by atoms with Gasteiger partial charge in [0, 0.05) is 10.5 Å². The minimum atomic E-state index is -0.412. The van der Waals surface area contributed by atoms with Crippen molar-refractivity contribution in [1.82, 2.24) is 15.1 Å². The van der Waals surface area contributed by atoms with Crippen LogP contribution in [0.15, 0.2) is 93.8 Å². The smallest absolute Gasteiger partial charge is 0.248 e. The third-order valence-corrected chi connectivity index (χ3v) is 5.99. The molecule has 0 saturated carbocycles. The first-order valence-electron chi connectivity index (χ1n) is 10.5. The van der Waals surface area contributed by atoms with Crippen molar-refractivity contribution in [2.75, 3.05) is 0 Å². The minimum absolute atomic E-state index is 0.00181. The van der Waals surface area contributed by atoms with Gasteiger partial charge in [-0.15, -0.1) is 10.2 Å². The van der Waals surface area contributed by atoms with E-state index in [-0.39, 0.29) is 18.5 Å². The Bertz CT molecular complexity index is 1140. The molecular formula is C26H24BrN3O2. The van der Waals surface area contributed by atoms with Crippen molar-refractivity contribution < 1.29 is 9.21 Å². The van der Waals surface area contributed by atoms with Crippen LogP contribution >= 0.6 is 15.9 Å². The van der Waals surface area contributed by atoms with E-state index in [1.54, 1.807) is 4.90 Å². The standard InChI is InChI=1S/C26H24BrN3O2/c1-18(2)30(17-23-28-29-25(32-23)21-15-9-10-16-22(21)27)26(31)24(19-11-5-3-6-12-19)20-13-7-4-8-14-20/h3-16,18,24H,17H2,1-2H3. The Balaban J connectivity index is 1.64. The topological polar surface area (TPSA) is 59.2 Å². The molecule has 1 heterocycles. The van der Waals surface area contributed by atoms with Gasteiger partial charge in [0.1, 0.15) is 0 Å². The zero-order valence-corrected chi connectivity index (χ0v) is 19.6. The minimum Gasteiger partial charge on any atom is -0.419 e. The molecular weight excluding hydrogens is 466 g/mol. The third kappa shape index (κ3) is 4.81. The fourth-order valence-electron chi connectivity index (χ4n) is 3.66. The van der Waals surface area contributed by atoms with E-state index in [0.717, 1.165) is 21.2 Å². The summed E-state index contributed by atoms with van der Waals surface area (Å²) in [5.74, 6) is 0.410. The van der Waals surface area contributed by atoms with Crippen molar-refractivity contribution in [3.63, 3.8) is 0 Å². The van der Waals surface area contributed by atoms with E-state index in [1.165, 1.54) is 0 Å². The number of hydrogen-bond acceptors (Lipinski definition) is 4. The van der Waals surface area contributed by atoms with Gasteiger partial charge in [0.25, 0.3) is 0 Å². The van der Waals surface area contributed by atoms with E-state index in [9.17, 15) is 4.79 Å². The van der Waals surface area contributed by atoms with Gasteiger partial charge >= 0.3 is 0 Å². The molecule has 6 heteroatoms. The lowest BCUT2D eigenvalue weighted by atomic mass is 9.89. The molecule has 0 saturated heterocycles. The second-order valence-electron chi connectivity index (χ2n) is 7.80. The Kier molecular flexibility index (Phi) is 6.81. The average Bonchev–Trinajstić information content (AvgIpc) is 3.27. The van der Waals surface area contributed by atoms with Gasteiger partial charge in [-0.1, -0.05) is 72.8 Å². The molecule has 1 amide bonds. The summed E-state index contributed by atoms with van der Waals surface area (Å²) in [5.41, 5.74) is 2.72. The van der Waals surface area contributed by atoms with Crippen molar-refractivity contribution in [2.45, 2.75) is 32.4 Å². The van der Waals surface area contributed by atoms with Crippen molar-refractivity contribution in [1.29, 1.82) is 0 Å². The number of carbonyl (C=O) groups is 1. The molecule has 0 aliphatic carbocycles. The summed E-state index contributed by atoms with van der Waals surface area (Å²) in [5, 5.41) is 8.41. The first-order chi connectivity index (χ1) is 15.5. The second-order valence-corrected chi connectivity index (χ2v) is 8.65. The summed E-state index contributed by atoms with van der Waals surface area (Å²) in [6.45, 7) is 4.23. The van der Waals surface area contributed by atoms with Gasteiger partial charge in [-0.25, -0.2) is 0 Å². The summed E-state index contributed by atoms with van der Waals surface area (Å²) >= 11 is 3.52. The summed E-state index contributed by atoms with van der Waals surface area (Å²) in [6, 6.07) is 27.3. The van der Waals surface area contributed by atoms with Gasteiger partial charge in [0.2, 0.25) is 17.7 Å². The number of halogens is 1. The van der Waals surface area contributed by atoms with Crippen LogP contribution < -0.4 is 0 Å². The van der Waals surface area contributed by atoms with E-state index < -0.39 is 5.92 Å². The Morgan fingerprint density at radius 1 is 0.875 bits per heavy atom. The fourth-order valence-corrected chi connectivity index (χ4v) is 4.11. The van der Waals surface area contributed by atoms with Crippen LogP contribution in [-0.2, 0) is 11.3 Å². The van der Waals surface area contributed by atoms with E-state index in [0.29, 0.717) is 11.8 Å². The molecule has 0 aliphatic heterocycles. The van der Waals surface area contributed by atoms with E-state index in [2.05, 4.69) is 26.1 Å². The van der Waals surface area contributed by atoms with Gasteiger partial charge in [-0.05, 0) is 53.0 Å². The summed E-state index contributed by atoms with van der Waals surface area (Å²) in [6.07, 6.45) is 0. The molecule has 1 aromatic heterocycles. The summed E-state index contributed by atoms with van der Waals surface area (Å²) in [4.78, 5) is 15.6. The number of rotatable bonds is 7. The molecule has 0 aliphatic rings. The molecule has 0 radical (unpaired) electrons. The van der Waals surface area contributed by atoms with Crippen LogP contribution in [0, 0.1) is 0 Å². The maximum absolute atomic E-state index is 13.8. The molecule has 0 atom stereocenters. The van der Waals surface area contributed by atoms with E-state index >= 15 is 0 Å². The molecule has 32 heavy (non-hydrogen) atoms. The zero-order chi connectivity index (χ0) is 22.5. The largest absolute Gasteiger partial charge is 0.419 e. The number of benzene rings is 3. The first-order valence-corrected chi connectivity index (χ1v) is 11.3. The Morgan fingerprint density at radius 3 is 2.00 bits per heavy atom. The SMILES string of the molecule is CC(C)N(Cc1nnc(-c2ccccc2Br)o1)C(=O)C(c1ccccc1)c1ccccc1. The molecule has 0 bridgehead atoms. The lowest BCUT2D eigenvalue weighted by Gasteiger charge is -2.30. The highest BCUT2D eigenvalue weighted by Gasteiger charge is 2.30. The Morgan fingerprint density at radius 2 is 1.44 bits per heavy atom. The maximum Gasteiger partial charge on any atom is 0.248 e. The van der Waals surface area contributed by atoms with Gasteiger partial charge in [-0.2, -0.15) is 0 Å². The van der Waals surface area contributed by atoms with Crippen LogP contribution in [0.4, 0.5) is 0 Å². The van der Waals surface area contributed by atoms with Crippen LogP contribution in [0.3, 0.4) is 0 Å². The average molecular weight is 490 g/mol. The quantitative estimate of drug-likeness (QED) is 0.316. The van der Waals surface area contributed by atoms with E-state index in [1.807, 2.05) is 98.8 Å². The highest BCUT2D eigenvalue weighted by Crippen LogP contribution is 2.30. The maximum atomic E-state index is 13.8. The highest BCUT2D eigenvalue weighted by molar-refractivity contribution is 9.10. The van der Waals surface area contributed by atoms with Crippen molar-refractivity contribution in [3.05, 3.63) is 106 Å². The first kappa shape index (κ1) is 22.0. The van der Waals surface area contributed by atoms with Crippen LogP contribution in [0.1, 0.15) is 36.8 Å². The molecule has 0 fully saturated rings. The van der Waals surface area contributed by atoms with Crippen LogP contribution in [0.2, 0.25) is 0 Å². The lowest BCUT2D eigenvalue weighted by molar-refractivity contribution is -0.134. The van der Waals surface area contributed by atoms with Crippen molar-refractivity contribution >= 4 is 21.8 Å². The molecule has 5 nitrogen and oxygen atoms in total. The van der Waals surface area contributed by atoms with Crippen LogP contribution in [-0.4, -0.2) is 27.0 Å². The van der Waals surface area contributed by atoms with Crippen LogP contribution in [0.25, 0.3) is 11.5 Å². The van der Waals surface area contributed by atoms with E-state index in [4.69, 9.17) is 4.42 Å². The predicted octanol–water partition coefficient (Wildman–Crippen LogP) is 6.07. The number of carbonyl (C=O) groups excluding carboxylic acids is 1. The number of amides is 1. The molecule has 162 valence electrons. The van der Waals surface area contributed by atoms with Gasteiger partial charge < -0.3 is 9.32 Å². The second kappa shape index (κ2) is 9.92. The summed E-state index contributed by atoms with van der Waals surface area (Å²) in [7, 11) is 0. The number of aromatic nitrogens is 2. The summed E-state index contributed by atoms with van der Waals surface area (Å²) < 4.78 is 6.80. The molecule has 4 rings (SSSR count). The normalized spacial score (nSPS) is 11.2. The zero-order valence-electron chi connectivity index (χ0n) is 18.0. The molecule has 4 aromatic rings. The fraction of sp³-hybridized carbons (Fsp3) is 0.192.